The molecule has 0 spiro atoms. The number of nitrogens with one attached hydrogen (secondary N) is 1. The number of carboxylic acid groups (broad SMARTS) is 1. The summed E-state index contributed by atoms with van der Waals surface area (Å²) in [5, 5.41) is 23.0. The number of ether oxygens (including phenoxy) is 1. The van der Waals surface area contributed by atoms with E-state index in [0.29, 0.717) is 30.3 Å². The Labute approximate surface area is 154 Å². The molecule has 0 aliphatic carbocycles. The van der Waals surface area contributed by atoms with Crippen LogP contribution in [0.2, 0.25) is 0 Å². The smallest absolute Gasteiger partial charge is 0.269 e. The van der Waals surface area contributed by atoms with Crippen LogP contribution in [0.4, 0.5) is 5.69 Å². The monoisotopic (exact) mass is 374 g/mol. The van der Waals surface area contributed by atoms with Gasteiger partial charge in [0.1, 0.15) is 16.7 Å². The molecule has 0 bridgehead atoms. The second-order valence-electron chi connectivity index (χ2n) is 5.29. The Morgan fingerprint density at radius 1 is 1.38 bits per heavy atom. The maximum absolute atomic E-state index is 12.4. The third-order valence-corrected chi connectivity index (χ3v) is 4.63. The van der Waals surface area contributed by atoms with Crippen LogP contribution >= 0.6 is 11.8 Å². The molecule has 0 saturated carbocycles. The number of nitrogens with zero attached hydrogens (tertiary/aromatic N) is 2. The minimum Gasteiger partial charge on any atom is -0.545 e. The summed E-state index contributed by atoms with van der Waals surface area (Å²) in [6.45, 7) is 0.814. The Morgan fingerprint density at radius 3 is 2.65 bits per heavy atom. The van der Waals surface area contributed by atoms with Crippen molar-refractivity contribution in [1.29, 1.82) is 5.26 Å². The average Bonchev–Trinajstić information content (AvgIpc) is 2.97. The van der Waals surface area contributed by atoms with Crippen molar-refractivity contribution in [1.82, 2.24) is 4.90 Å². The molecule has 2 amide bonds. The quantitative estimate of drug-likeness (QED) is 0.415. The Kier molecular flexibility index (Phi) is 6.77. The first-order valence-electron chi connectivity index (χ1n) is 7.67. The molecule has 1 fully saturated rings. The van der Waals surface area contributed by atoms with Gasteiger partial charge in [0.25, 0.3) is 5.91 Å². The van der Waals surface area contributed by atoms with Crippen molar-refractivity contribution in [3.63, 3.8) is 0 Å². The van der Waals surface area contributed by atoms with Crippen molar-refractivity contribution in [2.75, 3.05) is 31.3 Å². The van der Waals surface area contributed by atoms with Gasteiger partial charge in [-0.25, -0.2) is 0 Å². The summed E-state index contributed by atoms with van der Waals surface area (Å²) in [6, 6.07) is 7.22. The molecular weight excluding hydrogens is 358 g/mol. The summed E-state index contributed by atoms with van der Waals surface area (Å²) in [5.41, 5.74) is 0.138. The van der Waals surface area contributed by atoms with E-state index in [1.165, 1.54) is 29.2 Å². The van der Waals surface area contributed by atoms with Gasteiger partial charge in [0.15, 0.2) is 0 Å². The average molecular weight is 374 g/mol. The number of anilines is 1. The van der Waals surface area contributed by atoms with E-state index in [1.54, 1.807) is 7.11 Å². The van der Waals surface area contributed by atoms with E-state index >= 15 is 0 Å². The molecule has 1 saturated heterocycles. The van der Waals surface area contributed by atoms with Crippen molar-refractivity contribution in [2.24, 2.45) is 0 Å². The Bertz CT molecular complexity index is 783. The molecule has 2 rings (SSSR count). The highest BCUT2D eigenvalue weighted by atomic mass is 32.2. The van der Waals surface area contributed by atoms with Crippen LogP contribution in [-0.4, -0.2) is 48.7 Å². The number of aromatic carboxylic acids is 1. The van der Waals surface area contributed by atoms with Crippen LogP contribution < -0.4 is 10.4 Å². The third-order valence-electron chi connectivity index (χ3n) is 3.54. The molecule has 0 unspecified atom stereocenters. The highest BCUT2D eigenvalue weighted by Gasteiger charge is 2.31. The molecule has 1 N–H and O–H groups in total. The number of methoxy groups -OCH3 is 1. The summed E-state index contributed by atoms with van der Waals surface area (Å²) >= 11 is 1.14. The van der Waals surface area contributed by atoms with Gasteiger partial charge in [0, 0.05) is 25.9 Å². The first-order valence-corrected chi connectivity index (χ1v) is 8.65. The summed E-state index contributed by atoms with van der Waals surface area (Å²) < 4.78 is 4.96. The van der Waals surface area contributed by atoms with Crippen molar-refractivity contribution < 1.29 is 24.2 Å². The number of thioether (sulfide) groups is 1. The number of hydrogen-bond acceptors (Lipinski definition) is 7. The van der Waals surface area contributed by atoms with Gasteiger partial charge < -0.3 is 24.9 Å². The molecule has 1 heterocycles. The van der Waals surface area contributed by atoms with E-state index in [4.69, 9.17) is 4.74 Å². The second kappa shape index (κ2) is 9.03. The topological polar surface area (TPSA) is 123 Å². The van der Waals surface area contributed by atoms with Crippen LogP contribution in [0, 0.1) is 11.3 Å². The molecule has 26 heavy (non-hydrogen) atoms. The third kappa shape index (κ3) is 4.62. The van der Waals surface area contributed by atoms with E-state index in [1.807, 2.05) is 6.07 Å². The number of carbonyl (C=O) groups excluding carboxylic acids is 3. The van der Waals surface area contributed by atoms with E-state index < -0.39 is 11.9 Å². The molecule has 0 atom stereocenters. The minimum absolute atomic E-state index is 0.0249. The number of rotatable bonds is 7. The van der Waals surface area contributed by atoms with Crippen LogP contribution in [0.15, 0.2) is 34.9 Å². The lowest BCUT2D eigenvalue weighted by molar-refractivity contribution is -0.255. The minimum atomic E-state index is -1.32. The molecule has 1 aromatic rings. The maximum Gasteiger partial charge on any atom is 0.269 e. The molecule has 1 aromatic carbocycles. The second-order valence-corrected chi connectivity index (χ2v) is 6.26. The largest absolute Gasteiger partial charge is 0.545 e. The molecule has 8 nitrogen and oxygen atoms in total. The van der Waals surface area contributed by atoms with E-state index in [2.05, 4.69) is 5.32 Å². The predicted molar refractivity (Wildman–Crippen MR) is 92.7 cm³/mol. The van der Waals surface area contributed by atoms with Gasteiger partial charge in [-0.1, -0.05) is 23.9 Å². The first kappa shape index (κ1) is 19.5. The lowest BCUT2D eigenvalue weighted by Gasteiger charge is -2.18. The van der Waals surface area contributed by atoms with Crippen LogP contribution in [0.1, 0.15) is 16.8 Å². The number of benzene rings is 1. The Hall–Kier alpha value is -2.83. The molecule has 1 aliphatic heterocycles. The number of carbonyl (C=O) groups is 3. The molecule has 9 heteroatoms. The zero-order valence-electron chi connectivity index (χ0n) is 14.0. The van der Waals surface area contributed by atoms with Crippen LogP contribution in [-0.2, 0) is 14.3 Å². The number of hydrogen-bond donors (Lipinski definition) is 1. The first-order chi connectivity index (χ1) is 12.5. The maximum atomic E-state index is 12.4. The van der Waals surface area contributed by atoms with Crippen molar-refractivity contribution in [3.8, 4) is 6.07 Å². The summed E-state index contributed by atoms with van der Waals surface area (Å²) in [6.07, 6.45) is 0.581. The zero-order valence-corrected chi connectivity index (χ0v) is 14.8. The lowest BCUT2D eigenvalue weighted by atomic mass is 10.2. The van der Waals surface area contributed by atoms with Gasteiger partial charge in [-0.05, 0) is 24.1 Å². The highest BCUT2D eigenvalue weighted by molar-refractivity contribution is 8.04. The predicted octanol–water partition coefficient (Wildman–Crippen LogP) is 0.336. The Balaban J connectivity index is 2.18. The van der Waals surface area contributed by atoms with Gasteiger partial charge in [-0.2, -0.15) is 5.26 Å². The number of nitriles is 1. The Morgan fingerprint density at radius 2 is 2.08 bits per heavy atom. The zero-order chi connectivity index (χ0) is 19.1. The van der Waals surface area contributed by atoms with Gasteiger partial charge in [0.2, 0.25) is 5.91 Å². The normalized spacial score (nSPS) is 15.5. The van der Waals surface area contributed by atoms with Crippen LogP contribution in [0.5, 0.6) is 0 Å². The van der Waals surface area contributed by atoms with Crippen molar-refractivity contribution >= 4 is 35.2 Å². The van der Waals surface area contributed by atoms with Gasteiger partial charge in [-0.3, -0.25) is 9.59 Å². The fourth-order valence-corrected chi connectivity index (χ4v) is 3.33. The van der Waals surface area contributed by atoms with Gasteiger partial charge >= 0.3 is 0 Å². The fraction of sp³-hybridized carbons (Fsp3) is 0.294. The standard InChI is InChI=1S/C17H17N3O5S/c1-25-8-2-7-20-14(21)10-26-16(20)13(9-18)15(22)19-12-5-3-11(4-6-12)17(23)24/h3-6H,2,7-8,10H2,1H3,(H,19,22)(H,23,24)/p-1/b16-13+. The lowest BCUT2D eigenvalue weighted by Crippen LogP contribution is -2.28. The molecular formula is C17H16N3O5S-. The van der Waals surface area contributed by atoms with Crippen molar-refractivity contribution in [2.45, 2.75) is 6.42 Å². The van der Waals surface area contributed by atoms with Crippen LogP contribution in [0.25, 0.3) is 0 Å². The summed E-state index contributed by atoms with van der Waals surface area (Å²) in [7, 11) is 1.55. The molecule has 0 aromatic heterocycles. The van der Waals surface area contributed by atoms with E-state index in [9.17, 15) is 24.8 Å². The van der Waals surface area contributed by atoms with E-state index in [-0.39, 0.29) is 22.8 Å². The molecule has 0 radical (unpaired) electrons. The molecule has 1 aliphatic rings. The summed E-state index contributed by atoms with van der Waals surface area (Å²) in [5.74, 6) is -1.99. The SMILES string of the molecule is COCCCN1C(=O)CS/C1=C(\C#N)C(=O)Nc1ccc(C(=O)[O-])cc1. The molecule has 136 valence electrons. The van der Waals surface area contributed by atoms with Gasteiger partial charge in [0.05, 0.1) is 11.7 Å². The van der Waals surface area contributed by atoms with Crippen LogP contribution in [0.3, 0.4) is 0 Å². The fourth-order valence-electron chi connectivity index (χ4n) is 2.28. The highest BCUT2D eigenvalue weighted by Crippen LogP contribution is 2.32. The van der Waals surface area contributed by atoms with Gasteiger partial charge in [-0.15, -0.1) is 0 Å². The van der Waals surface area contributed by atoms with Crippen molar-refractivity contribution in [3.05, 3.63) is 40.4 Å². The number of carboxylic acids is 1. The number of amides is 2. The van der Waals surface area contributed by atoms with E-state index in [0.717, 1.165) is 11.8 Å². The summed E-state index contributed by atoms with van der Waals surface area (Å²) in [4.78, 5) is 36.6.